The van der Waals surface area contributed by atoms with Crippen molar-refractivity contribution in [1.29, 1.82) is 0 Å². The lowest BCUT2D eigenvalue weighted by atomic mass is 10.1. The molecule has 0 radical (unpaired) electrons. The summed E-state index contributed by atoms with van der Waals surface area (Å²) in [6.45, 7) is -0.0400. The molecule has 2 aromatic rings. The van der Waals surface area contributed by atoms with Crippen LogP contribution in [-0.2, 0) is 0 Å². The first kappa shape index (κ1) is 18.7. The minimum atomic E-state index is -0.679. The number of carbonyl (C=O) groups is 1. The van der Waals surface area contributed by atoms with E-state index in [9.17, 15) is 19.3 Å². The third kappa shape index (κ3) is 4.48. The summed E-state index contributed by atoms with van der Waals surface area (Å²) >= 11 is 0. The van der Waals surface area contributed by atoms with Gasteiger partial charge < -0.3 is 14.8 Å². The van der Waals surface area contributed by atoms with E-state index in [0.29, 0.717) is 5.56 Å². The maximum atomic E-state index is 12.8. The molecule has 0 bridgehead atoms. The zero-order chi connectivity index (χ0) is 19.1. The van der Waals surface area contributed by atoms with Crippen molar-refractivity contribution in [1.82, 2.24) is 5.32 Å². The van der Waals surface area contributed by atoms with Crippen LogP contribution < -0.4 is 14.8 Å². The Morgan fingerprint density at radius 1 is 1.19 bits per heavy atom. The molecule has 8 heteroatoms. The molecule has 1 amide bonds. The van der Waals surface area contributed by atoms with Gasteiger partial charge in [-0.3, -0.25) is 14.9 Å². The number of ether oxygens (including phenoxy) is 2. The van der Waals surface area contributed by atoms with E-state index in [0.717, 1.165) is 6.07 Å². The second kappa shape index (κ2) is 8.48. The number of benzene rings is 2. The maximum Gasteiger partial charge on any atom is 0.286 e. The molecule has 0 aliphatic heterocycles. The second-order valence-corrected chi connectivity index (χ2v) is 4.97. The lowest BCUT2D eigenvalue weighted by Gasteiger charge is -2.10. The second-order valence-electron chi connectivity index (χ2n) is 4.97. The molecule has 7 nitrogen and oxygen atoms in total. The highest BCUT2D eigenvalue weighted by atomic mass is 19.1. The van der Waals surface area contributed by atoms with Gasteiger partial charge in [-0.15, -0.1) is 0 Å². The molecule has 0 saturated heterocycles. The van der Waals surface area contributed by atoms with Crippen LogP contribution in [0.5, 0.6) is 11.5 Å². The molecule has 1 N–H and O–H groups in total. The highest BCUT2D eigenvalue weighted by molar-refractivity contribution is 5.99. The number of nitro benzene ring substituents is 1. The maximum absolute atomic E-state index is 12.8. The summed E-state index contributed by atoms with van der Waals surface area (Å²) in [5.74, 6) is 4.73. The van der Waals surface area contributed by atoms with Crippen molar-refractivity contribution in [2.45, 2.75) is 0 Å². The fourth-order valence-electron chi connectivity index (χ4n) is 2.10. The number of rotatable bonds is 5. The molecule has 0 aromatic heterocycles. The molecule has 2 rings (SSSR count). The summed E-state index contributed by atoms with van der Waals surface area (Å²) in [6, 6.07) is 7.91. The van der Waals surface area contributed by atoms with E-state index in [1.807, 2.05) is 0 Å². The van der Waals surface area contributed by atoms with E-state index >= 15 is 0 Å². The van der Waals surface area contributed by atoms with Gasteiger partial charge in [-0.1, -0.05) is 11.8 Å². The number of halogens is 1. The fourth-order valence-corrected chi connectivity index (χ4v) is 2.10. The van der Waals surface area contributed by atoms with Gasteiger partial charge in [-0.25, -0.2) is 4.39 Å². The SMILES string of the molecule is COc1cc(C(=O)NCC#Cc2ccc(F)cc2)c([N+](=O)[O-])cc1OC. The zero-order valence-electron chi connectivity index (χ0n) is 14.0. The number of amides is 1. The van der Waals surface area contributed by atoms with Gasteiger partial charge in [0.1, 0.15) is 11.4 Å². The number of nitrogens with one attached hydrogen (secondary N) is 1. The Balaban J connectivity index is 2.16. The number of nitrogens with zero attached hydrogens (tertiary/aromatic N) is 1. The van der Waals surface area contributed by atoms with Crippen LogP contribution in [0, 0.1) is 27.8 Å². The molecule has 26 heavy (non-hydrogen) atoms. The molecular formula is C18H15FN2O5. The standard InChI is InChI=1S/C18H15FN2O5/c1-25-16-10-14(15(21(23)24)11-17(16)26-2)18(22)20-9-3-4-12-5-7-13(19)8-6-12/h5-8,10-11H,9H2,1-2H3,(H,20,22). The van der Waals surface area contributed by atoms with Crippen LogP contribution in [0.1, 0.15) is 15.9 Å². The first-order chi connectivity index (χ1) is 12.5. The fraction of sp³-hybridized carbons (Fsp3) is 0.167. The van der Waals surface area contributed by atoms with Crippen LogP contribution in [-0.4, -0.2) is 31.6 Å². The van der Waals surface area contributed by atoms with Gasteiger partial charge in [-0.05, 0) is 24.3 Å². The quantitative estimate of drug-likeness (QED) is 0.504. The van der Waals surface area contributed by atoms with Gasteiger partial charge in [0, 0.05) is 11.6 Å². The minimum Gasteiger partial charge on any atom is -0.493 e. The van der Waals surface area contributed by atoms with E-state index in [1.54, 1.807) is 0 Å². The van der Waals surface area contributed by atoms with Crippen molar-refractivity contribution in [3.63, 3.8) is 0 Å². The van der Waals surface area contributed by atoms with Crippen LogP contribution in [0.4, 0.5) is 10.1 Å². The highest BCUT2D eigenvalue weighted by Crippen LogP contribution is 2.34. The first-order valence-corrected chi connectivity index (χ1v) is 7.39. The summed E-state index contributed by atoms with van der Waals surface area (Å²) in [6.07, 6.45) is 0. The van der Waals surface area contributed by atoms with Crippen LogP contribution in [0.25, 0.3) is 0 Å². The summed E-state index contributed by atoms with van der Waals surface area (Å²) in [7, 11) is 2.70. The smallest absolute Gasteiger partial charge is 0.286 e. The predicted molar refractivity (Wildman–Crippen MR) is 91.8 cm³/mol. The summed E-state index contributed by atoms with van der Waals surface area (Å²) in [4.78, 5) is 22.8. The van der Waals surface area contributed by atoms with E-state index in [4.69, 9.17) is 9.47 Å². The van der Waals surface area contributed by atoms with Gasteiger partial charge in [0.2, 0.25) is 0 Å². The van der Waals surface area contributed by atoms with E-state index in [2.05, 4.69) is 17.2 Å². The number of methoxy groups -OCH3 is 2. The molecule has 134 valence electrons. The summed E-state index contributed by atoms with van der Waals surface area (Å²) < 4.78 is 22.9. The molecule has 0 fully saturated rings. The molecule has 0 saturated carbocycles. The normalized spacial score (nSPS) is 9.65. The third-order valence-electron chi connectivity index (χ3n) is 3.36. The predicted octanol–water partition coefficient (Wildman–Crippen LogP) is 2.53. The molecule has 0 spiro atoms. The monoisotopic (exact) mass is 358 g/mol. The van der Waals surface area contributed by atoms with Crippen LogP contribution in [0.3, 0.4) is 0 Å². The lowest BCUT2D eigenvalue weighted by molar-refractivity contribution is -0.385. The zero-order valence-corrected chi connectivity index (χ0v) is 14.0. The van der Waals surface area contributed by atoms with Gasteiger partial charge >= 0.3 is 0 Å². The highest BCUT2D eigenvalue weighted by Gasteiger charge is 2.24. The van der Waals surface area contributed by atoms with Gasteiger partial charge in [-0.2, -0.15) is 0 Å². The Morgan fingerprint density at radius 3 is 2.38 bits per heavy atom. The van der Waals surface area contributed by atoms with E-state index < -0.39 is 16.5 Å². The van der Waals surface area contributed by atoms with Gasteiger partial charge in [0.25, 0.3) is 11.6 Å². The van der Waals surface area contributed by atoms with Crippen LogP contribution >= 0.6 is 0 Å². The van der Waals surface area contributed by atoms with E-state index in [1.165, 1.54) is 44.6 Å². The van der Waals surface area contributed by atoms with Crippen molar-refractivity contribution in [3.8, 4) is 23.3 Å². The summed E-state index contributed by atoms with van der Waals surface area (Å²) in [5.41, 5.74) is 0.000576. The molecule has 0 aliphatic rings. The van der Waals surface area contributed by atoms with Gasteiger partial charge in [0.15, 0.2) is 11.5 Å². The molecule has 0 heterocycles. The summed E-state index contributed by atoms with van der Waals surface area (Å²) in [5, 5.41) is 13.7. The molecule has 0 atom stereocenters. The van der Waals surface area contributed by atoms with Crippen molar-refractivity contribution < 1.29 is 23.6 Å². The average molecular weight is 358 g/mol. The van der Waals surface area contributed by atoms with Crippen molar-refractivity contribution in [3.05, 3.63) is 63.5 Å². The lowest BCUT2D eigenvalue weighted by Crippen LogP contribution is -2.24. The Labute approximate surface area is 148 Å². The average Bonchev–Trinajstić information content (AvgIpc) is 2.65. The number of hydrogen-bond acceptors (Lipinski definition) is 5. The van der Waals surface area contributed by atoms with Crippen LogP contribution in [0.2, 0.25) is 0 Å². The third-order valence-corrected chi connectivity index (χ3v) is 3.36. The Bertz CT molecular complexity index is 885. The minimum absolute atomic E-state index is 0.0400. The Kier molecular flexibility index (Phi) is 6.11. The number of hydrogen-bond donors (Lipinski definition) is 1. The molecule has 0 aliphatic carbocycles. The van der Waals surface area contributed by atoms with Crippen molar-refractivity contribution in [2.24, 2.45) is 0 Å². The molecule has 0 unspecified atom stereocenters. The number of carbonyl (C=O) groups excluding carboxylic acids is 1. The van der Waals surface area contributed by atoms with Crippen LogP contribution in [0.15, 0.2) is 36.4 Å². The van der Waals surface area contributed by atoms with E-state index in [-0.39, 0.29) is 29.4 Å². The Morgan fingerprint density at radius 2 is 1.81 bits per heavy atom. The molecule has 2 aromatic carbocycles. The largest absolute Gasteiger partial charge is 0.493 e. The topological polar surface area (TPSA) is 90.7 Å². The Hall–Kier alpha value is -3.60. The number of nitro groups is 1. The van der Waals surface area contributed by atoms with Gasteiger partial charge in [0.05, 0.1) is 31.8 Å². The first-order valence-electron chi connectivity index (χ1n) is 7.39. The van der Waals surface area contributed by atoms with Crippen molar-refractivity contribution >= 4 is 11.6 Å². The molecular weight excluding hydrogens is 343 g/mol. The van der Waals surface area contributed by atoms with Crippen molar-refractivity contribution in [2.75, 3.05) is 20.8 Å².